The third kappa shape index (κ3) is 3.34. The van der Waals surface area contributed by atoms with Crippen LogP contribution in [0, 0.1) is 0 Å². The fourth-order valence-electron chi connectivity index (χ4n) is 1.52. The van der Waals surface area contributed by atoms with Gasteiger partial charge in [-0.05, 0) is 13.0 Å². The molecule has 1 amide bonds. The lowest BCUT2D eigenvalue weighted by atomic mass is 10.3. The summed E-state index contributed by atoms with van der Waals surface area (Å²) < 4.78 is 1.89. The SMILES string of the molecule is CCc1nccn1CC(=O)N(C)CCCN. The molecule has 0 spiro atoms. The highest BCUT2D eigenvalue weighted by atomic mass is 16.2. The molecule has 0 atom stereocenters. The number of carbonyl (C=O) groups is 1. The van der Waals surface area contributed by atoms with Crippen LogP contribution in [0.5, 0.6) is 0 Å². The molecule has 1 aromatic rings. The van der Waals surface area contributed by atoms with E-state index in [1.165, 1.54) is 0 Å². The molecule has 90 valence electrons. The second kappa shape index (κ2) is 6.27. The monoisotopic (exact) mass is 224 g/mol. The minimum atomic E-state index is 0.0983. The van der Waals surface area contributed by atoms with Crippen molar-refractivity contribution in [1.29, 1.82) is 0 Å². The Morgan fingerprint density at radius 3 is 3.00 bits per heavy atom. The van der Waals surface area contributed by atoms with E-state index in [-0.39, 0.29) is 5.91 Å². The Kier molecular flexibility index (Phi) is 4.98. The summed E-state index contributed by atoms with van der Waals surface area (Å²) >= 11 is 0. The van der Waals surface area contributed by atoms with Crippen LogP contribution in [0.4, 0.5) is 0 Å². The standard InChI is InChI=1S/C11H20N4O/c1-3-10-13-6-8-15(10)9-11(16)14(2)7-4-5-12/h6,8H,3-5,7,9,12H2,1-2H3. The number of nitrogens with zero attached hydrogens (tertiary/aromatic N) is 3. The van der Waals surface area contributed by atoms with Crippen LogP contribution >= 0.6 is 0 Å². The Bertz CT molecular complexity index is 334. The van der Waals surface area contributed by atoms with Gasteiger partial charge < -0.3 is 15.2 Å². The van der Waals surface area contributed by atoms with Crippen LogP contribution in [0.2, 0.25) is 0 Å². The van der Waals surface area contributed by atoms with Gasteiger partial charge in [-0.25, -0.2) is 4.98 Å². The lowest BCUT2D eigenvalue weighted by molar-refractivity contribution is -0.130. The quantitative estimate of drug-likeness (QED) is 0.753. The molecule has 1 rings (SSSR count). The zero-order chi connectivity index (χ0) is 12.0. The first-order chi connectivity index (χ1) is 7.69. The number of carbonyl (C=O) groups excluding carboxylic acids is 1. The zero-order valence-electron chi connectivity index (χ0n) is 10.0. The van der Waals surface area contributed by atoms with Gasteiger partial charge in [-0.3, -0.25) is 4.79 Å². The molecule has 5 heteroatoms. The van der Waals surface area contributed by atoms with Crippen molar-refractivity contribution in [1.82, 2.24) is 14.5 Å². The largest absolute Gasteiger partial charge is 0.344 e. The fourth-order valence-corrected chi connectivity index (χ4v) is 1.52. The molecule has 0 fully saturated rings. The van der Waals surface area contributed by atoms with Gasteiger partial charge in [0.15, 0.2) is 0 Å². The average molecular weight is 224 g/mol. The van der Waals surface area contributed by atoms with Gasteiger partial charge >= 0.3 is 0 Å². The second-order valence-corrected chi connectivity index (χ2v) is 3.78. The number of imidazole rings is 1. The molecule has 0 aliphatic heterocycles. The van der Waals surface area contributed by atoms with E-state index < -0.39 is 0 Å². The van der Waals surface area contributed by atoms with Gasteiger partial charge in [0.05, 0.1) is 0 Å². The minimum absolute atomic E-state index is 0.0983. The van der Waals surface area contributed by atoms with E-state index in [2.05, 4.69) is 4.98 Å². The highest BCUT2D eigenvalue weighted by Crippen LogP contribution is 2.00. The Hall–Kier alpha value is -1.36. The van der Waals surface area contributed by atoms with E-state index in [0.717, 1.165) is 18.7 Å². The van der Waals surface area contributed by atoms with Crippen molar-refractivity contribution in [3.8, 4) is 0 Å². The topological polar surface area (TPSA) is 64.2 Å². The predicted molar refractivity (Wildman–Crippen MR) is 62.9 cm³/mol. The number of aryl methyl sites for hydroxylation is 1. The number of aromatic nitrogens is 2. The average Bonchev–Trinajstić information content (AvgIpc) is 2.72. The molecule has 0 radical (unpaired) electrons. The van der Waals surface area contributed by atoms with Crippen molar-refractivity contribution in [2.75, 3.05) is 20.1 Å². The summed E-state index contributed by atoms with van der Waals surface area (Å²) in [6, 6.07) is 0. The van der Waals surface area contributed by atoms with Crippen molar-refractivity contribution < 1.29 is 4.79 Å². The Morgan fingerprint density at radius 1 is 1.62 bits per heavy atom. The van der Waals surface area contributed by atoms with Crippen LogP contribution in [0.25, 0.3) is 0 Å². The third-order valence-corrected chi connectivity index (χ3v) is 2.55. The third-order valence-electron chi connectivity index (χ3n) is 2.55. The molecule has 16 heavy (non-hydrogen) atoms. The van der Waals surface area contributed by atoms with E-state index in [1.807, 2.05) is 17.7 Å². The summed E-state index contributed by atoms with van der Waals surface area (Å²) in [6.45, 7) is 3.72. The first kappa shape index (κ1) is 12.7. The molecule has 0 saturated heterocycles. The maximum absolute atomic E-state index is 11.8. The number of hydrogen-bond acceptors (Lipinski definition) is 3. The van der Waals surface area contributed by atoms with Crippen LogP contribution in [0.3, 0.4) is 0 Å². The van der Waals surface area contributed by atoms with Gasteiger partial charge in [0.1, 0.15) is 12.4 Å². The second-order valence-electron chi connectivity index (χ2n) is 3.78. The first-order valence-electron chi connectivity index (χ1n) is 5.63. The van der Waals surface area contributed by atoms with Gasteiger partial charge in [-0.2, -0.15) is 0 Å². The van der Waals surface area contributed by atoms with E-state index in [9.17, 15) is 4.79 Å². The highest BCUT2D eigenvalue weighted by Gasteiger charge is 2.10. The van der Waals surface area contributed by atoms with Gasteiger partial charge in [0, 0.05) is 32.4 Å². The molecule has 0 aliphatic rings. The summed E-state index contributed by atoms with van der Waals surface area (Å²) in [6.07, 6.45) is 5.25. The summed E-state index contributed by atoms with van der Waals surface area (Å²) in [5, 5.41) is 0. The van der Waals surface area contributed by atoms with Crippen molar-refractivity contribution in [2.45, 2.75) is 26.3 Å². The Balaban J connectivity index is 2.50. The predicted octanol–water partition coefficient (Wildman–Crippen LogP) is 0.253. The minimum Gasteiger partial charge on any atom is -0.344 e. The smallest absolute Gasteiger partial charge is 0.242 e. The molecule has 0 unspecified atom stereocenters. The summed E-state index contributed by atoms with van der Waals surface area (Å²) in [4.78, 5) is 17.7. The molecule has 1 heterocycles. The molecule has 2 N–H and O–H groups in total. The molecule has 5 nitrogen and oxygen atoms in total. The highest BCUT2D eigenvalue weighted by molar-refractivity contribution is 5.75. The van der Waals surface area contributed by atoms with E-state index in [4.69, 9.17) is 5.73 Å². The molecule has 0 aromatic carbocycles. The number of rotatable bonds is 6. The summed E-state index contributed by atoms with van der Waals surface area (Å²) in [5.41, 5.74) is 5.41. The van der Waals surface area contributed by atoms with Crippen LogP contribution in [-0.2, 0) is 17.8 Å². The van der Waals surface area contributed by atoms with Crippen LogP contribution < -0.4 is 5.73 Å². The number of nitrogens with two attached hydrogens (primary N) is 1. The Morgan fingerprint density at radius 2 is 2.38 bits per heavy atom. The number of amides is 1. The van der Waals surface area contributed by atoms with E-state index in [1.54, 1.807) is 18.1 Å². The van der Waals surface area contributed by atoms with Crippen molar-refractivity contribution >= 4 is 5.91 Å². The van der Waals surface area contributed by atoms with Gasteiger partial charge in [0.25, 0.3) is 0 Å². The van der Waals surface area contributed by atoms with E-state index in [0.29, 0.717) is 19.6 Å². The summed E-state index contributed by atoms with van der Waals surface area (Å²) in [5.74, 6) is 1.04. The molecule has 0 aliphatic carbocycles. The van der Waals surface area contributed by atoms with Crippen LogP contribution in [0.15, 0.2) is 12.4 Å². The maximum atomic E-state index is 11.8. The van der Waals surface area contributed by atoms with Crippen molar-refractivity contribution in [2.24, 2.45) is 5.73 Å². The van der Waals surface area contributed by atoms with Crippen LogP contribution in [-0.4, -0.2) is 40.5 Å². The lowest BCUT2D eigenvalue weighted by Gasteiger charge is -2.17. The fraction of sp³-hybridized carbons (Fsp3) is 0.636. The number of hydrogen-bond donors (Lipinski definition) is 1. The maximum Gasteiger partial charge on any atom is 0.242 e. The number of likely N-dealkylation sites (N-methyl/N-ethyl adjacent to an activating group) is 1. The van der Waals surface area contributed by atoms with Crippen LogP contribution in [0.1, 0.15) is 19.2 Å². The van der Waals surface area contributed by atoms with Crippen molar-refractivity contribution in [3.05, 3.63) is 18.2 Å². The molecule has 0 bridgehead atoms. The molecular weight excluding hydrogens is 204 g/mol. The van der Waals surface area contributed by atoms with Gasteiger partial charge in [0.2, 0.25) is 5.91 Å². The van der Waals surface area contributed by atoms with E-state index >= 15 is 0 Å². The molecule has 1 aromatic heterocycles. The van der Waals surface area contributed by atoms with Crippen molar-refractivity contribution in [3.63, 3.8) is 0 Å². The normalized spacial score (nSPS) is 10.4. The first-order valence-corrected chi connectivity index (χ1v) is 5.63. The lowest BCUT2D eigenvalue weighted by Crippen LogP contribution is -2.32. The van der Waals surface area contributed by atoms with Gasteiger partial charge in [-0.15, -0.1) is 0 Å². The summed E-state index contributed by atoms with van der Waals surface area (Å²) in [7, 11) is 1.81. The molecular formula is C11H20N4O. The zero-order valence-corrected chi connectivity index (χ0v) is 10.0. The Labute approximate surface area is 96.3 Å². The van der Waals surface area contributed by atoms with Gasteiger partial charge in [-0.1, -0.05) is 6.92 Å². The molecule has 0 saturated carbocycles.